The van der Waals surface area contributed by atoms with Gasteiger partial charge in [-0.05, 0) is 37.5 Å². The highest BCUT2D eigenvalue weighted by molar-refractivity contribution is 7.80. The van der Waals surface area contributed by atoms with E-state index in [2.05, 4.69) is 5.32 Å². The number of hydrogen-bond donors (Lipinski definition) is 1. The predicted octanol–water partition coefficient (Wildman–Crippen LogP) is 1.11. The van der Waals surface area contributed by atoms with Gasteiger partial charge in [-0.1, -0.05) is 12.1 Å². The van der Waals surface area contributed by atoms with Crippen LogP contribution in [0.1, 0.15) is 5.56 Å². The molecule has 0 bridgehead atoms. The number of rotatable bonds is 5. The Morgan fingerprint density at radius 1 is 1.29 bits per heavy atom. The number of thiocarbonyl (C=S) groups is 1. The Balaban J connectivity index is 1.52. The fourth-order valence-corrected chi connectivity index (χ4v) is 3.36. The number of likely N-dealkylation sites (N-methyl/N-ethyl adjacent to an activating group) is 1. The number of amides is 1. The number of benzene rings is 1. The Kier molecular flexibility index (Phi) is 5.23. The highest BCUT2D eigenvalue weighted by Crippen LogP contribution is 2.16. The average Bonchev–Trinajstić information content (AvgIpc) is 3.28. The number of hydrogen-bond acceptors (Lipinski definition) is 7. The zero-order chi connectivity index (χ0) is 19.7. The summed E-state index contributed by atoms with van der Waals surface area (Å²) in [6, 6.07) is 6.96. The van der Waals surface area contributed by atoms with Crippen LogP contribution >= 0.6 is 12.2 Å². The van der Waals surface area contributed by atoms with Crippen molar-refractivity contribution in [3.05, 3.63) is 52.0 Å². The van der Waals surface area contributed by atoms with Crippen LogP contribution in [-0.2, 0) is 14.3 Å². The lowest BCUT2D eigenvalue weighted by Crippen LogP contribution is -2.42. The molecule has 0 atom stereocenters. The van der Waals surface area contributed by atoms with E-state index in [4.69, 9.17) is 26.1 Å². The zero-order valence-electron chi connectivity index (χ0n) is 15.2. The van der Waals surface area contributed by atoms with Crippen molar-refractivity contribution >= 4 is 40.3 Å². The zero-order valence-corrected chi connectivity index (χ0v) is 16.0. The van der Waals surface area contributed by atoms with Gasteiger partial charge in [-0.15, -0.1) is 0 Å². The van der Waals surface area contributed by atoms with Gasteiger partial charge < -0.3 is 19.2 Å². The summed E-state index contributed by atoms with van der Waals surface area (Å²) in [5.41, 5.74) is 0.797. The van der Waals surface area contributed by atoms with Crippen molar-refractivity contribution in [1.82, 2.24) is 15.1 Å². The fourth-order valence-electron chi connectivity index (χ4n) is 3.11. The third-order valence-corrected chi connectivity index (χ3v) is 4.83. The molecule has 8 nitrogen and oxygen atoms in total. The van der Waals surface area contributed by atoms with Gasteiger partial charge in [-0.3, -0.25) is 19.4 Å². The van der Waals surface area contributed by atoms with Crippen molar-refractivity contribution in [2.75, 3.05) is 33.5 Å². The summed E-state index contributed by atoms with van der Waals surface area (Å²) in [4.78, 5) is 28.7. The third kappa shape index (κ3) is 3.69. The summed E-state index contributed by atoms with van der Waals surface area (Å²) in [5.74, 6) is -0.308. The van der Waals surface area contributed by atoms with Gasteiger partial charge in [0.1, 0.15) is 17.5 Å². The Hall–Kier alpha value is -2.59. The van der Waals surface area contributed by atoms with Gasteiger partial charge in [-0.25, -0.2) is 0 Å². The molecule has 9 heteroatoms. The van der Waals surface area contributed by atoms with Crippen LogP contribution in [0.5, 0.6) is 0 Å². The number of fused-ring (bicyclic) bond motifs is 1. The summed E-state index contributed by atoms with van der Waals surface area (Å²) in [6.07, 6.45) is 2.51. The van der Waals surface area contributed by atoms with Crippen molar-refractivity contribution in [2.45, 2.75) is 6.29 Å². The molecule has 2 saturated heterocycles. The molecule has 1 amide bonds. The molecule has 0 saturated carbocycles. The SMILES string of the molecule is CN(CC1OCCO1)CN1C(=O)/C(=C/c2coc3ccccc3c2=O)NC1=S. The van der Waals surface area contributed by atoms with Crippen LogP contribution in [0, 0.1) is 0 Å². The second-order valence-electron chi connectivity index (χ2n) is 6.59. The highest BCUT2D eigenvalue weighted by atomic mass is 32.1. The van der Waals surface area contributed by atoms with Gasteiger partial charge in [-0.2, -0.15) is 0 Å². The number of para-hydroxylation sites is 1. The maximum Gasteiger partial charge on any atom is 0.277 e. The Morgan fingerprint density at radius 3 is 2.82 bits per heavy atom. The maximum atomic E-state index is 12.8. The molecule has 0 radical (unpaired) electrons. The van der Waals surface area contributed by atoms with E-state index in [1.807, 2.05) is 11.9 Å². The van der Waals surface area contributed by atoms with Crippen LogP contribution in [0.2, 0.25) is 0 Å². The largest absolute Gasteiger partial charge is 0.463 e. The Labute approximate surface area is 166 Å². The Morgan fingerprint density at radius 2 is 2.04 bits per heavy atom. The second kappa shape index (κ2) is 7.80. The monoisotopic (exact) mass is 401 g/mol. The van der Waals surface area contributed by atoms with E-state index < -0.39 is 0 Å². The molecule has 1 aromatic carbocycles. The first kappa shape index (κ1) is 18.8. The number of nitrogens with one attached hydrogen (secondary N) is 1. The molecular weight excluding hydrogens is 382 g/mol. The van der Waals surface area contributed by atoms with Crippen LogP contribution in [0.25, 0.3) is 17.0 Å². The number of ether oxygens (including phenoxy) is 2. The van der Waals surface area contributed by atoms with Gasteiger partial charge in [0, 0.05) is 0 Å². The number of carbonyl (C=O) groups is 1. The van der Waals surface area contributed by atoms with Gasteiger partial charge in [0.05, 0.1) is 37.4 Å². The van der Waals surface area contributed by atoms with Crippen molar-refractivity contribution in [3.63, 3.8) is 0 Å². The van der Waals surface area contributed by atoms with E-state index in [1.165, 1.54) is 17.2 Å². The molecule has 0 aliphatic carbocycles. The summed E-state index contributed by atoms with van der Waals surface area (Å²) < 4.78 is 16.3. The van der Waals surface area contributed by atoms with Crippen LogP contribution in [0.15, 0.2) is 45.4 Å². The van der Waals surface area contributed by atoms with E-state index >= 15 is 0 Å². The Bertz CT molecular complexity index is 1010. The van der Waals surface area contributed by atoms with Crippen LogP contribution in [0.4, 0.5) is 0 Å². The first-order valence-electron chi connectivity index (χ1n) is 8.80. The molecule has 0 unspecified atom stereocenters. The average molecular weight is 401 g/mol. The minimum atomic E-state index is -0.308. The summed E-state index contributed by atoms with van der Waals surface area (Å²) in [5, 5.41) is 3.61. The molecule has 1 aromatic heterocycles. The van der Waals surface area contributed by atoms with Crippen LogP contribution in [-0.4, -0.2) is 60.6 Å². The van der Waals surface area contributed by atoms with Crippen molar-refractivity contribution < 1.29 is 18.7 Å². The minimum Gasteiger partial charge on any atom is -0.463 e. The number of nitrogens with zero attached hydrogens (tertiary/aromatic N) is 2. The summed E-state index contributed by atoms with van der Waals surface area (Å²) >= 11 is 5.28. The van der Waals surface area contributed by atoms with E-state index in [0.717, 1.165) is 0 Å². The first-order valence-corrected chi connectivity index (χ1v) is 9.20. The lowest BCUT2D eigenvalue weighted by atomic mass is 10.1. The van der Waals surface area contributed by atoms with E-state index in [9.17, 15) is 9.59 Å². The highest BCUT2D eigenvalue weighted by Gasteiger charge is 2.32. The standard InChI is InChI=1S/C19H19N3O5S/c1-21(9-16-25-6-7-26-16)11-22-18(24)14(20-19(22)28)8-12-10-27-15-5-3-2-4-13(15)17(12)23/h2-5,8,10,16H,6-7,9,11H2,1H3,(H,20,28)/b14-8-. The molecular formula is C19H19N3O5S. The maximum absolute atomic E-state index is 12.8. The minimum absolute atomic E-state index is 0.207. The van der Waals surface area contributed by atoms with Crippen LogP contribution < -0.4 is 10.7 Å². The molecule has 146 valence electrons. The molecule has 2 aromatic rings. The van der Waals surface area contributed by atoms with Gasteiger partial charge in [0.15, 0.2) is 16.8 Å². The quantitative estimate of drug-likeness (QED) is 0.589. The lowest BCUT2D eigenvalue weighted by molar-refractivity contribution is -0.124. The molecule has 2 fully saturated rings. The van der Waals surface area contributed by atoms with E-state index in [1.54, 1.807) is 24.3 Å². The van der Waals surface area contributed by atoms with Crippen molar-refractivity contribution in [1.29, 1.82) is 0 Å². The fraction of sp³-hybridized carbons (Fsp3) is 0.316. The molecule has 2 aliphatic heterocycles. The first-order chi connectivity index (χ1) is 13.5. The predicted molar refractivity (Wildman–Crippen MR) is 106 cm³/mol. The summed E-state index contributed by atoms with van der Waals surface area (Å²) in [6.45, 7) is 1.93. The van der Waals surface area contributed by atoms with Crippen molar-refractivity contribution in [3.8, 4) is 0 Å². The number of carbonyl (C=O) groups excluding carboxylic acids is 1. The van der Waals surface area contributed by atoms with Gasteiger partial charge >= 0.3 is 0 Å². The molecule has 2 aliphatic rings. The van der Waals surface area contributed by atoms with E-state index in [-0.39, 0.29) is 40.7 Å². The van der Waals surface area contributed by atoms with Gasteiger partial charge in [0.25, 0.3) is 5.91 Å². The smallest absolute Gasteiger partial charge is 0.277 e. The normalized spacial score (nSPS) is 19.4. The molecule has 4 rings (SSSR count). The molecule has 0 spiro atoms. The summed E-state index contributed by atoms with van der Waals surface area (Å²) in [7, 11) is 1.85. The van der Waals surface area contributed by atoms with E-state index in [0.29, 0.717) is 30.7 Å². The second-order valence-corrected chi connectivity index (χ2v) is 6.98. The third-order valence-electron chi connectivity index (χ3n) is 4.50. The topological polar surface area (TPSA) is 84.2 Å². The molecule has 28 heavy (non-hydrogen) atoms. The molecule has 1 N–H and O–H groups in total. The molecule has 3 heterocycles. The van der Waals surface area contributed by atoms with Crippen LogP contribution in [0.3, 0.4) is 0 Å². The lowest BCUT2D eigenvalue weighted by Gasteiger charge is -2.24. The van der Waals surface area contributed by atoms with Crippen molar-refractivity contribution in [2.24, 2.45) is 0 Å². The van der Waals surface area contributed by atoms with Gasteiger partial charge in [0.2, 0.25) is 0 Å².